The molecule has 8 heteroatoms. The Labute approximate surface area is 150 Å². The van der Waals surface area contributed by atoms with Crippen molar-refractivity contribution >= 4 is 17.4 Å². The molecule has 0 aromatic heterocycles. The Kier molecular flexibility index (Phi) is 4.58. The van der Waals surface area contributed by atoms with Crippen LogP contribution in [-0.2, 0) is 6.18 Å². The molecule has 2 bridgehead atoms. The van der Waals surface area contributed by atoms with Crippen molar-refractivity contribution in [3.63, 3.8) is 0 Å². The third kappa shape index (κ3) is 3.60. The molecule has 2 unspecified atom stereocenters. The molecule has 0 spiro atoms. The highest BCUT2D eigenvalue weighted by Gasteiger charge is 2.47. The Morgan fingerprint density at radius 2 is 1.85 bits per heavy atom. The van der Waals surface area contributed by atoms with Gasteiger partial charge in [0.15, 0.2) is 0 Å². The summed E-state index contributed by atoms with van der Waals surface area (Å²) in [6, 6.07) is 2.75. The van der Waals surface area contributed by atoms with Gasteiger partial charge >= 0.3 is 12.2 Å². The van der Waals surface area contributed by atoms with Crippen molar-refractivity contribution < 1.29 is 23.1 Å². The number of piperidine rings is 1. The number of aliphatic hydroxyl groups is 1. The Hall–Kier alpha value is -1.96. The fourth-order valence-corrected chi connectivity index (χ4v) is 4.17. The molecule has 1 aromatic carbocycles. The average Bonchev–Trinajstić information content (AvgIpc) is 2.78. The summed E-state index contributed by atoms with van der Waals surface area (Å²) in [6.45, 7) is 1.77. The van der Waals surface area contributed by atoms with Gasteiger partial charge in [0.25, 0.3) is 0 Å². The monoisotopic (exact) mass is 371 g/mol. The topological polar surface area (TPSA) is 55.8 Å². The summed E-state index contributed by atoms with van der Waals surface area (Å²) in [5.41, 5.74) is -0.967. The fraction of sp³-hybridized carbons (Fsp3) is 0.611. The van der Waals surface area contributed by atoms with Crippen molar-refractivity contribution in [2.45, 2.75) is 56.5 Å². The molecule has 1 aromatic rings. The largest absolute Gasteiger partial charge is 0.416 e. The average molecular weight is 371 g/mol. The minimum atomic E-state index is -4.48. The number of halogens is 3. The molecule has 144 valence electrons. The van der Waals surface area contributed by atoms with Gasteiger partial charge in [0.1, 0.15) is 0 Å². The number of urea groups is 1. The number of carbonyl (C=O) groups excluding carboxylic acids is 1. The van der Waals surface area contributed by atoms with Gasteiger partial charge in [-0.15, -0.1) is 0 Å². The summed E-state index contributed by atoms with van der Waals surface area (Å²) < 4.78 is 39.1. The molecule has 2 saturated heterocycles. The number of benzene rings is 1. The first-order chi connectivity index (χ1) is 12.0. The van der Waals surface area contributed by atoms with Crippen LogP contribution in [0.2, 0.25) is 0 Å². The molecule has 5 nitrogen and oxygen atoms in total. The highest BCUT2D eigenvalue weighted by atomic mass is 19.4. The summed E-state index contributed by atoms with van der Waals surface area (Å²) in [7, 11) is 3.42. The molecule has 2 N–H and O–H groups in total. The van der Waals surface area contributed by atoms with Gasteiger partial charge in [-0.05, 0) is 50.8 Å². The first-order valence-corrected chi connectivity index (χ1v) is 8.68. The second kappa shape index (κ2) is 6.33. The first kappa shape index (κ1) is 18.8. The number of nitrogens with zero attached hydrogens (tertiary/aromatic N) is 2. The summed E-state index contributed by atoms with van der Waals surface area (Å²) in [4.78, 5) is 16.2. The van der Waals surface area contributed by atoms with Crippen LogP contribution >= 0.6 is 0 Å². The molecule has 0 saturated carbocycles. The number of nitrogens with one attached hydrogen (secondary N) is 1. The quantitative estimate of drug-likeness (QED) is 0.834. The maximum Gasteiger partial charge on any atom is 0.416 e. The van der Waals surface area contributed by atoms with Crippen LogP contribution in [0.15, 0.2) is 18.2 Å². The van der Waals surface area contributed by atoms with Crippen molar-refractivity contribution in [1.29, 1.82) is 0 Å². The van der Waals surface area contributed by atoms with E-state index in [0.717, 1.165) is 25.0 Å². The summed E-state index contributed by atoms with van der Waals surface area (Å²) in [6.07, 6.45) is -1.90. The number of hydrogen-bond donors (Lipinski definition) is 2. The molecule has 3 rings (SSSR count). The maximum absolute atomic E-state index is 13.0. The molecule has 2 aliphatic heterocycles. The standard InChI is InChI=1S/C18H24F3N3O2/c1-17(26)9-12-5-6-13(10-17)24(12)16(25)22-14-8-11(18(19,20)21)4-7-15(14)23(2)3/h4,7-8,12-13,26H,5-6,9-10H2,1-3H3,(H,22,25). The second-order valence-electron chi connectivity index (χ2n) is 7.75. The van der Waals surface area contributed by atoms with E-state index < -0.39 is 23.4 Å². The molecule has 2 fully saturated rings. The summed E-state index contributed by atoms with van der Waals surface area (Å²) in [5, 5.41) is 13.0. The smallest absolute Gasteiger partial charge is 0.390 e. The number of anilines is 2. The van der Waals surface area contributed by atoms with Crippen LogP contribution in [0.1, 0.15) is 38.2 Å². The van der Waals surface area contributed by atoms with Gasteiger partial charge in [0.2, 0.25) is 0 Å². The van der Waals surface area contributed by atoms with Crippen molar-refractivity contribution in [3.05, 3.63) is 23.8 Å². The summed E-state index contributed by atoms with van der Waals surface area (Å²) in [5.74, 6) is 0. The minimum Gasteiger partial charge on any atom is -0.390 e. The Balaban J connectivity index is 1.85. The van der Waals surface area contributed by atoms with Crippen LogP contribution < -0.4 is 10.2 Å². The van der Waals surface area contributed by atoms with Crippen molar-refractivity contribution in [2.75, 3.05) is 24.3 Å². The molecule has 2 amide bonds. The zero-order chi connectivity index (χ0) is 19.3. The Morgan fingerprint density at radius 3 is 2.35 bits per heavy atom. The number of rotatable bonds is 2. The van der Waals surface area contributed by atoms with E-state index in [1.807, 2.05) is 0 Å². The molecular weight excluding hydrogens is 347 g/mol. The van der Waals surface area contributed by atoms with E-state index in [9.17, 15) is 23.1 Å². The van der Waals surface area contributed by atoms with E-state index in [2.05, 4.69) is 5.32 Å². The molecule has 26 heavy (non-hydrogen) atoms. The summed E-state index contributed by atoms with van der Waals surface area (Å²) >= 11 is 0. The van der Waals surface area contributed by atoms with Crippen LogP contribution in [0.4, 0.5) is 29.3 Å². The van der Waals surface area contributed by atoms with Gasteiger partial charge in [0.05, 0.1) is 22.5 Å². The third-order valence-corrected chi connectivity index (χ3v) is 5.25. The van der Waals surface area contributed by atoms with Gasteiger partial charge in [-0.3, -0.25) is 0 Å². The van der Waals surface area contributed by atoms with E-state index in [0.29, 0.717) is 18.5 Å². The minimum absolute atomic E-state index is 0.0858. The zero-order valence-electron chi connectivity index (χ0n) is 15.1. The molecular formula is C18H24F3N3O2. The van der Waals surface area contributed by atoms with Gasteiger partial charge in [-0.25, -0.2) is 4.79 Å². The molecule has 0 radical (unpaired) electrons. The van der Waals surface area contributed by atoms with E-state index in [4.69, 9.17) is 0 Å². The van der Waals surface area contributed by atoms with Gasteiger partial charge < -0.3 is 20.2 Å². The molecule has 0 aliphatic carbocycles. The van der Waals surface area contributed by atoms with Crippen LogP contribution in [0.5, 0.6) is 0 Å². The number of alkyl halides is 3. The van der Waals surface area contributed by atoms with Crippen LogP contribution in [0.3, 0.4) is 0 Å². The second-order valence-corrected chi connectivity index (χ2v) is 7.75. The lowest BCUT2D eigenvalue weighted by Crippen LogP contribution is -2.53. The van der Waals surface area contributed by atoms with Gasteiger partial charge in [-0.2, -0.15) is 13.2 Å². The van der Waals surface area contributed by atoms with E-state index in [1.54, 1.807) is 30.8 Å². The first-order valence-electron chi connectivity index (χ1n) is 8.68. The number of hydrogen-bond acceptors (Lipinski definition) is 3. The highest BCUT2D eigenvalue weighted by molar-refractivity contribution is 5.94. The van der Waals surface area contributed by atoms with Crippen LogP contribution in [-0.4, -0.2) is 47.8 Å². The van der Waals surface area contributed by atoms with Crippen molar-refractivity contribution in [3.8, 4) is 0 Å². The van der Waals surface area contributed by atoms with Crippen LogP contribution in [0.25, 0.3) is 0 Å². The molecule has 2 aliphatic rings. The van der Waals surface area contributed by atoms with Crippen LogP contribution in [0, 0.1) is 0 Å². The Morgan fingerprint density at radius 1 is 1.27 bits per heavy atom. The lowest BCUT2D eigenvalue weighted by Gasteiger charge is -2.42. The number of amides is 2. The lowest BCUT2D eigenvalue weighted by molar-refractivity contribution is -0.137. The highest BCUT2D eigenvalue weighted by Crippen LogP contribution is 2.41. The predicted molar refractivity (Wildman–Crippen MR) is 93.3 cm³/mol. The SMILES string of the molecule is CN(C)c1ccc(C(F)(F)F)cc1NC(=O)N1C2CCC1CC(C)(O)C2. The van der Waals surface area contributed by atoms with Crippen molar-refractivity contribution in [2.24, 2.45) is 0 Å². The van der Waals surface area contributed by atoms with E-state index >= 15 is 0 Å². The maximum atomic E-state index is 13.0. The normalized spacial score (nSPS) is 28.2. The van der Waals surface area contributed by atoms with E-state index in [1.165, 1.54) is 6.07 Å². The lowest BCUT2D eigenvalue weighted by atomic mass is 9.88. The van der Waals surface area contributed by atoms with Gasteiger partial charge in [0, 0.05) is 26.2 Å². The third-order valence-electron chi connectivity index (χ3n) is 5.25. The number of fused-ring (bicyclic) bond motifs is 2. The fourth-order valence-electron chi connectivity index (χ4n) is 4.17. The Bertz CT molecular complexity index is 687. The van der Waals surface area contributed by atoms with Crippen molar-refractivity contribution in [1.82, 2.24) is 4.90 Å². The molecule has 2 atom stereocenters. The predicted octanol–water partition coefficient (Wildman–Crippen LogP) is 3.68. The number of carbonyl (C=O) groups is 1. The molecule has 2 heterocycles. The zero-order valence-corrected chi connectivity index (χ0v) is 15.1. The van der Waals surface area contributed by atoms with E-state index in [-0.39, 0.29) is 17.8 Å². The van der Waals surface area contributed by atoms with Gasteiger partial charge in [-0.1, -0.05) is 0 Å².